The second-order valence-electron chi connectivity index (χ2n) is 11.4. The Morgan fingerprint density at radius 3 is 2.45 bits per heavy atom. The maximum atomic E-state index is 14.0. The fourth-order valence-corrected chi connectivity index (χ4v) is 5.90. The third-order valence-electron chi connectivity index (χ3n) is 8.16. The van der Waals surface area contributed by atoms with Gasteiger partial charge in [-0.15, -0.1) is 11.3 Å². The molecule has 212 valence electrons. The number of alkyl halides is 3. The zero-order valence-electron chi connectivity index (χ0n) is 22.7. The van der Waals surface area contributed by atoms with Crippen LogP contribution in [0.2, 0.25) is 0 Å². The number of halogens is 3. The number of carbonyl (C=O) groups excluding carboxylic acids is 2. The molecule has 10 heteroatoms. The molecule has 2 N–H and O–H groups in total. The lowest BCUT2D eigenvalue weighted by Gasteiger charge is -2.34. The smallest absolute Gasteiger partial charge is 0.412 e. The number of nitrogens with zero attached hydrogens (tertiary/aromatic N) is 1. The van der Waals surface area contributed by atoms with Gasteiger partial charge in [-0.1, -0.05) is 33.8 Å². The first-order valence-electron chi connectivity index (χ1n) is 13.0. The number of allylic oxidation sites excluding steroid dienone is 1. The van der Waals surface area contributed by atoms with Crippen LogP contribution in [-0.4, -0.2) is 51.4 Å². The summed E-state index contributed by atoms with van der Waals surface area (Å²) in [6.45, 7) is 9.86. The minimum atomic E-state index is -4.55. The lowest BCUT2D eigenvalue weighted by Crippen LogP contribution is -2.46. The number of ether oxygens (including phenoxy) is 1. The zero-order valence-corrected chi connectivity index (χ0v) is 23.5. The number of cyclic esters (lactones) is 1. The van der Waals surface area contributed by atoms with E-state index in [-0.39, 0.29) is 24.7 Å². The van der Waals surface area contributed by atoms with Crippen LogP contribution < -0.4 is 0 Å². The SMILES string of the molecule is C/C(=C\c1csc(C)n1)[C@H]1C/C=C(/C(F)(F)F)C[C@H]2C[C@H]2[C@H](C)[C@H](O)[C@@H](C)C(=O)C(C)(C)[C@@H](O)CC(=O)O1. The highest BCUT2D eigenvalue weighted by atomic mass is 32.1. The van der Waals surface area contributed by atoms with E-state index in [1.165, 1.54) is 25.2 Å². The zero-order chi connectivity index (χ0) is 28.6. The number of aryl methyl sites for hydroxylation is 1. The predicted molar refractivity (Wildman–Crippen MR) is 139 cm³/mol. The van der Waals surface area contributed by atoms with Gasteiger partial charge in [-0.05, 0) is 56.1 Å². The lowest BCUT2D eigenvalue weighted by molar-refractivity contribution is -0.154. The van der Waals surface area contributed by atoms with Gasteiger partial charge in [0.1, 0.15) is 11.9 Å². The number of carbonyl (C=O) groups is 2. The van der Waals surface area contributed by atoms with Crippen LogP contribution in [0.15, 0.2) is 22.6 Å². The van der Waals surface area contributed by atoms with Gasteiger partial charge in [-0.3, -0.25) is 9.59 Å². The molecule has 1 saturated carbocycles. The van der Waals surface area contributed by atoms with Gasteiger partial charge in [-0.25, -0.2) is 4.98 Å². The lowest BCUT2D eigenvalue weighted by atomic mass is 9.72. The molecule has 38 heavy (non-hydrogen) atoms. The van der Waals surface area contributed by atoms with Crippen molar-refractivity contribution in [3.05, 3.63) is 33.3 Å². The number of fused-ring (bicyclic) bond motifs is 1. The first kappa shape index (κ1) is 30.5. The second kappa shape index (κ2) is 11.6. The Morgan fingerprint density at radius 1 is 1.21 bits per heavy atom. The van der Waals surface area contributed by atoms with Crippen molar-refractivity contribution in [1.82, 2.24) is 4.98 Å². The van der Waals surface area contributed by atoms with E-state index in [1.807, 2.05) is 6.92 Å². The van der Waals surface area contributed by atoms with Crippen molar-refractivity contribution in [2.45, 2.75) is 91.7 Å². The molecule has 2 heterocycles. The van der Waals surface area contributed by atoms with Crippen molar-refractivity contribution in [3.63, 3.8) is 0 Å². The van der Waals surface area contributed by atoms with E-state index in [9.17, 15) is 33.0 Å². The van der Waals surface area contributed by atoms with Crippen molar-refractivity contribution >= 4 is 29.2 Å². The van der Waals surface area contributed by atoms with Gasteiger partial charge in [0, 0.05) is 23.3 Å². The van der Waals surface area contributed by atoms with Crippen LogP contribution in [0.3, 0.4) is 0 Å². The third-order valence-corrected chi connectivity index (χ3v) is 8.96. The maximum Gasteiger partial charge on any atom is 0.412 e. The third kappa shape index (κ3) is 7.12. The summed E-state index contributed by atoms with van der Waals surface area (Å²) in [5, 5.41) is 24.4. The molecule has 0 bridgehead atoms. The number of aromatic nitrogens is 1. The topological polar surface area (TPSA) is 96.7 Å². The Hall–Kier alpha value is -2.04. The predicted octanol–water partition coefficient (Wildman–Crippen LogP) is 5.66. The van der Waals surface area contributed by atoms with Crippen molar-refractivity contribution < 1.29 is 37.7 Å². The minimum absolute atomic E-state index is 0.143. The normalized spacial score (nSPS) is 35.2. The first-order chi connectivity index (χ1) is 17.5. The number of rotatable bonds is 2. The molecule has 2 aliphatic rings. The van der Waals surface area contributed by atoms with Crippen molar-refractivity contribution in [1.29, 1.82) is 0 Å². The Labute approximate surface area is 226 Å². The summed E-state index contributed by atoms with van der Waals surface area (Å²) in [6.07, 6.45) is -5.66. The van der Waals surface area contributed by atoms with Gasteiger partial charge in [0.15, 0.2) is 0 Å². The van der Waals surface area contributed by atoms with E-state index in [0.717, 1.165) is 11.1 Å². The summed E-state index contributed by atoms with van der Waals surface area (Å²) < 4.78 is 47.5. The van der Waals surface area contributed by atoms with Gasteiger partial charge in [-0.2, -0.15) is 13.2 Å². The molecule has 0 radical (unpaired) electrons. The fraction of sp³-hybridized carbons (Fsp3) is 0.679. The molecule has 1 aliphatic carbocycles. The molecule has 0 spiro atoms. The number of thiazole rings is 1. The molecule has 6 nitrogen and oxygen atoms in total. The van der Waals surface area contributed by atoms with E-state index in [1.54, 1.807) is 32.2 Å². The number of hydrogen-bond donors (Lipinski definition) is 2. The molecule has 1 aromatic heterocycles. The van der Waals surface area contributed by atoms with Crippen molar-refractivity contribution in [2.75, 3.05) is 0 Å². The molecule has 0 aromatic carbocycles. The molecule has 0 unspecified atom stereocenters. The Kier molecular flexibility index (Phi) is 9.31. The molecule has 3 rings (SSSR count). The van der Waals surface area contributed by atoms with Crippen molar-refractivity contribution in [3.8, 4) is 0 Å². The molecular formula is C28H38F3NO5S. The highest BCUT2D eigenvalue weighted by Gasteiger charge is 2.49. The quantitative estimate of drug-likeness (QED) is 0.360. The average Bonchev–Trinajstić information content (AvgIpc) is 3.48. The van der Waals surface area contributed by atoms with Crippen LogP contribution in [0.4, 0.5) is 13.2 Å². The van der Waals surface area contributed by atoms with Crippen LogP contribution >= 0.6 is 11.3 Å². The Balaban J connectivity index is 1.98. The molecule has 1 fully saturated rings. The van der Waals surface area contributed by atoms with Gasteiger partial charge >= 0.3 is 12.1 Å². The second-order valence-corrected chi connectivity index (χ2v) is 12.5. The minimum Gasteiger partial charge on any atom is -0.457 e. The highest BCUT2D eigenvalue weighted by molar-refractivity contribution is 7.09. The van der Waals surface area contributed by atoms with Gasteiger partial charge in [0.25, 0.3) is 0 Å². The summed E-state index contributed by atoms with van der Waals surface area (Å²) in [6, 6.07) is 0. The monoisotopic (exact) mass is 557 g/mol. The van der Waals surface area contributed by atoms with E-state index in [4.69, 9.17) is 4.74 Å². The van der Waals surface area contributed by atoms with Crippen LogP contribution in [0.5, 0.6) is 0 Å². The summed E-state index contributed by atoms with van der Waals surface area (Å²) in [5.74, 6) is -2.91. The molecule has 1 aliphatic heterocycles. The molecule has 7 atom stereocenters. The van der Waals surface area contributed by atoms with Gasteiger partial charge < -0.3 is 14.9 Å². The number of aliphatic hydroxyl groups excluding tert-OH is 2. The number of esters is 1. The van der Waals surface area contributed by atoms with Crippen LogP contribution in [0, 0.1) is 36.0 Å². The number of hydrogen-bond acceptors (Lipinski definition) is 7. The number of ketones is 1. The van der Waals surface area contributed by atoms with Crippen LogP contribution in [0.25, 0.3) is 6.08 Å². The first-order valence-corrected chi connectivity index (χ1v) is 13.9. The van der Waals surface area contributed by atoms with Crippen LogP contribution in [0.1, 0.15) is 71.0 Å². The van der Waals surface area contributed by atoms with E-state index in [0.29, 0.717) is 17.7 Å². The van der Waals surface area contributed by atoms with Crippen LogP contribution in [-0.2, 0) is 14.3 Å². The largest absolute Gasteiger partial charge is 0.457 e. The van der Waals surface area contributed by atoms with Gasteiger partial charge in [0.2, 0.25) is 0 Å². The van der Waals surface area contributed by atoms with Crippen molar-refractivity contribution in [2.24, 2.45) is 29.1 Å². The Bertz CT molecular complexity index is 1090. The molecule has 1 aromatic rings. The van der Waals surface area contributed by atoms with Gasteiger partial charge in [0.05, 0.1) is 34.7 Å². The Morgan fingerprint density at radius 2 is 1.87 bits per heavy atom. The van der Waals surface area contributed by atoms with E-state index < -0.39 is 65.5 Å². The molecular weight excluding hydrogens is 519 g/mol. The summed E-state index contributed by atoms with van der Waals surface area (Å²) >= 11 is 1.42. The standard InChI is InChI=1S/C28H38F3NO5S/c1-14(9-20-13-38-17(4)32-20)22-8-7-19(28(29,30)31)10-18-11-21(18)15(2)25(35)16(3)26(36)27(5,6)23(33)12-24(34)37-22/h7,9,13,15-16,18,21-23,25,33,35H,8,10-12H2,1-6H3/b14-9+,19-7+/t15-,16+,18-,21-,22+,23-,25-/m0/s1. The molecule has 0 amide bonds. The number of Topliss-reactive ketones (excluding diaryl/α,β-unsaturated/α-hetero) is 1. The van der Waals surface area contributed by atoms with E-state index >= 15 is 0 Å². The summed E-state index contributed by atoms with van der Waals surface area (Å²) in [5.41, 5.74) is -0.909. The average molecular weight is 558 g/mol. The fourth-order valence-electron chi connectivity index (χ4n) is 5.33. The summed E-state index contributed by atoms with van der Waals surface area (Å²) in [4.78, 5) is 30.5. The highest BCUT2D eigenvalue weighted by Crippen LogP contribution is 2.51. The van der Waals surface area contributed by atoms with E-state index in [2.05, 4.69) is 4.98 Å². The molecule has 0 saturated heterocycles. The maximum absolute atomic E-state index is 14.0. The number of aliphatic hydroxyl groups is 2. The summed E-state index contributed by atoms with van der Waals surface area (Å²) in [7, 11) is 0.